The molecule has 1 unspecified atom stereocenters. The molecule has 3 heterocycles. The Bertz CT molecular complexity index is 736. The van der Waals surface area contributed by atoms with Crippen molar-refractivity contribution in [2.24, 2.45) is 11.8 Å². The van der Waals surface area contributed by atoms with Crippen LogP contribution in [0, 0.1) is 11.8 Å². The van der Waals surface area contributed by atoms with Crippen LogP contribution in [0.15, 0.2) is 10.9 Å². The molecule has 6 nitrogen and oxygen atoms in total. The molecule has 0 aromatic carbocycles. The molecule has 3 aliphatic rings. The molecular weight excluding hydrogens is 340 g/mol. The quantitative estimate of drug-likeness (QED) is 0.810. The lowest BCUT2D eigenvalue weighted by molar-refractivity contribution is -0.138. The molecule has 2 fully saturated rings. The third-order valence-corrected chi connectivity index (χ3v) is 6.60. The monoisotopic (exact) mass is 372 g/mol. The molecule has 0 spiro atoms. The minimum Gasteiger partial charge on any atom is -0.342 e. The Kier molecular flexibility index (Phi) is 5.62. The van der Waals surface area contributed by atoms with Gasteiger partial charge in [0, 0.05) is 32.2 Å². The molecule has 6 heteroatoms. The first-order valence-electron chi connectivity index (χ1n) is 10.7. The van der Waals surface area contributed by atoms with Crippen molar-refractivity contribution in [2.75, 3.05) is 33.2 Å². The standard InChI is InChI=1S/C21H32N4O2/c1-23-10-4-6-18(15-23)21(27)24-11-8-16(9-12-24)14-25-20(26)13-17-5-2-3-7-19(17)22-25/h13,16,18H,2-12,14-15H2,1H3. The maximum absolute atomic E-state index is 12.8. The molecule has 1 amide bonds. The highest BCUT2D eigenvalue weighted by Gasteiger charge is 2.30. The molecular formula is C21H32N4O2. The topological polar surface area (TPSA) is 58.4 Å². The van der Waals surface area contributed by atoms with Crippen molar-refractivity contribution in [1.82, 2.24) is 19.6 Å². The van der Waals surface area contributed by atoms with Gasteiger partial charge < -0.3 is 9.80 Å². The molecule has 0 N–H and O–H groups in total. The highest BCUT2D eigenvalue weighted by atomic mass is 16.2. The predicted molar refractivity (Wildman–Crippen MR) is 105 cm³/mol. The van der Waals surface area contributed by atoms with Gasteiger partial charge in [0.05, 0.1) is 11.6 Å². The number of fused-ring (bicyclic) bond motifs is 1. The Labute approximate surface area is 161 Å². The van der Waals surface area contributed by atoms with Gasteiger partial charge in [0.15, 0.2) is 0 Å². The zero-order valence-electron chi connectivity index (χ0n) is 16.5. The van der Waals surface area contributed by atoms with Crippen molar-refractivity contribution in [3.63, 3.8) is 0 Å². The first kappa shape index (κ1) is 18.7. The van der Waals surface area contributed by atoms with Crippen LogP contribution in [0.3, 0.4) is 0 Å². The normalized spacial score (nSPS) is 24.6. The molecule has 2 aliphatic heterocycles. The molecule has 0 bridgehead atoms. The van der Waals surface area contributed by atoms with Crippen LogP contribution >= 0.6 is 0 Å². The van der Waals surface area contributed by atoms with Crippen LogP contribution in [0.25, 0.3) is 0 Å². The van der Waals surface area contributed by atoms with Crippen molar-refractivity contribution in [1.29, 1.82) is 0 Å². The average molecular weight is 373 g/mol. The van der Waals surface area contributed by atoms with Gasteiger partial charge in [0.25, 0.3) is 5.56 Å². The van der Waals surface area contributed by atoms with Gasteiger partial charge in [-0.3, -0.25) is 9.59 Å². The summed E-state index contributed by atoms with van der Waals surface area (Å²) >= 11 is 0. The van der Waals surface area contributed by atoms with Gasteiger partial charge in [0.2, 0.25) is 5.91 Å². The third-order valence-electron chi connectivity index (χ3n) is 6.60. The zero-order valence-corrected chi connectivity index (χ0v) is 16.5. The van der Waals surface area contributed by atoms with E-state index in [9.17, 15) is 9.59 Å². The lowest BCUT2D eigenvalue weighted by atomic mass is 9.93. The van der Waals surface area contributed by atoms with E-state index in [-0.39, 0.29) is 11.5 Å². The summed E-state index contributed by atoms with van der Waals surface area (Å²) in [5.74, 6) is 0.948. The predicted octanol–water partition coefficient (Wildman–Crippen LogP) is 1.70. The highest BCUT2D eigenvalue weighted by molar-refractivity contribution is 5.79. The smallest absolute Gasteiger partial charge is 0.267 e. The molecule has 0 saturated carbocycles. The van der Waals surface area contributed by atoms with Crippen molar-refractivity contribution < 1.29 is 4.79 Å². The Morgan fingerprint density at radius 2 is 1.89 bits per heavy atom. The summed E-state index contributed by atoms with van der Waals surface area (Å²) in [7, 11) is 2.11. The second-order valence-corrected chi connectivity index (χ2v) is 8.71. The van der Waals surface area contributed by atoms with E-state index in [1.54, 1.807) is 10.7 Å². The highest BCUT2D eigenvalue weighted by Crippen LogP contribution is 2.24. The SMILES string of the molecule is CN1CCCC(C(=O)N2CCC(Cn3nc4c(cc3=O)CCCC4)CC2)C1. The number of hydrogen-bond acceptors (Lipinski definition) is 4. The van der Waals surface area contributed by atoms with E-state index < -0.39 is 0 Å². The Morgan fingerprint density at radius 3 is 2.67 bits per heavy atom. The second-order valence-electron chi connectivity index (χ2n) is 8.71. The van der Waals surface area contributed by atoms with Crippen LogP contribution in [-0.2, 0) is 24.2 Å². The molecule has 2 saturated heterocycles. The maximum Gasteiger partial charge on any atom is 0.267 e. The lowest BCUT2D eigenvalue weighted by Crippen LogP contribution is -2.47. The fourth-order valence-electron chi connectivity index (χ4n) is 4.94. The summed E-state index contributed by atoms with van der Waals surface area (Å²) in [6.45, 7) is 4.34. The first-order valence-corrected chi connectivity index (χ1v) is 10.7. The van der Waals surface area contributed by atoms with Gasteiger partial charge in [-0.2, -0.15) is 5.10 Å². The molecule has 1 aliphatic carbocycles. The zero-order chi connectivity index (χ0) is 18.8. The number of amides is 1. The minimum absolute atomic E-state index is 0.0411. The van der Waals surface area contributed by atoms with Crippen LogP contribution in [0.4, 0.5) is 0 Å². The summed E-state index contributed by atoms with van der Waals surface area (Å²) < 4.78 is 1.68. The maximum atomic E-state index is 12.8. The van der Waals surface area contributed by atoms with Crippen molar-refractivity contribution in [3.05, 3.63) is 27.7 Å². The molecule has 148 valence electrons. The van der Waals surface area contributed by atoms with E-state index >= 15 is 0 Å². The fraction of sp³-hybridized carbons (Fsp3) is 0.762. The number of hydrogen-bond donors (Lipinski definition) is 0. The van der Waals surface area contributed by atoms with Crippen molar-refractivity contribution in [3.8, 4) is 0 Å². The lowest BCUT2D eigenvalue weighted by Gasteiger charge is -2.37. The Morgan fingerprint density at radius 1 is 1.11 bits per heavy atom. The number of rotatable bonds is 3. The Hall–Kier alpha value is -1.69. The van der Waals surface area contributed by atoms with Gasteiger partial charge in [-0.1, -0.05) is 0 Å². The molecule has 1 aromatic heterocycles. The third kappa shape index (κ3) is 4.26. The number of aromatic nitrogens is 2. The largest absolute Gasteiger partial charge is 0.342 e. The van der Waals surface area contributed by atoms with E-state index in [2.05, 4.69) is 21.9 Å². The van der Waals surface area contributed by atoms with E-state index in [0.717, 1.165) is 76.0 Å². The van der Waals surface area contributed by atoms with Crippen LogP contribution < -0.4 is 5.56 Å². The summed E-state index contributed by atoms with van der Waals surface area (Å²) in [5.41, 5.74) is 2.31. The fourth-order valence-corrected chi connectivity index (χ4v) is 4.94. The van der Waals surface area contributed by atoms with E-state index in [1.807, 2.05) is 0 Å². The van der Waals surface area contributed by atoms with Crippen LogP contribution in [0.5, 0.6) is 0 Å². The average Bonchev–Trinajstić information content (AvgIpc) is 2.68. The number of carbonyl (C=O) groups is 1. The number of aryl methyl sites for hydroxylation is 2. The first-order chi connectivity index (χ1) is 13.1. The van der Waals surface area contributed by atoms with Crippen molar-refractivity contribution in [2.45, 2.75) is 57.9 Å². The molecule has 1 atom stereocenters. The van der Waals surface area contributed by atoms with Gasteiger partial charge in [-0.05, 0) is 76.4 Å². The van der Waals surface area contributed by atoms with Crippen LogP contribution in [0.1, 0.15) is 49.8 Å². The molecule has 4 rings (SSSR count). The van der Waals surface area contributed by atoms with E-state index in [0.29, 0.717) is 18.4 Å². The molecule has 0 radical (unpaired) electrons. The summed E-state index contributed by atoms with van der Waals surface area (Å²) in [4.78, 5) is 29.5. The van der Waals surface area contributed by atoms with Crippen molar-refractivity contribution >= 4 is 5.91 Å². The minimum atomic E-state index is 0.0411. The van der Waals surface area contributed by atoms with Gasteiger partial charge in [-0.15, -0.1) is 0 Å². The molecule has 1 aromatic rings. The van der Waals surface area contributed by atoms with Gasteiger partial charge in [0.1, 0.15) is 0 Å². The summed E-state index contributed by atoms with van der Waals surface area (Å²) in [6.07, 6.45) is 8.43. The number of piperidine rings is 2. The number of likely N-dealkylation sites (tertiary alicyclic amines) is 2. The summed E-state index contributed by atoms with van der Waals surface area (Å²) in [5, 5.41) is 4.66. The van der Waals surface area contributed by atoms with Gasteiger partial charge in [-0.25, -0.2) is 4.68 Å². The van der Waals surface area contributed by atoms with Gasteiger partial charge >= 0.3 is 0 Å². The van der Waals surface area contributed by atoms with Crippen LogP contribution in [-0.4, -0.2) is 58.7 Å². The second kappa shape index (κ2) is 8.13. The number of carbonyl (C=O) groups excluding carboxylic acids is 1. The molecule has 27 heavy (non-hydrogen) atoms. The Balaban J connectivity index is 1.33. The van der Waals surface area contributed by atoms with E-state index in [1.165, 1.54) is 12.8 Å². The summed E-state index contributed by atoms with van der Waals surface area (Å²) in [6, 6.07) is 1.81. The van der Waals surface area contributed by atoms with E-state index in [4.69, 9.17) is 0 Å². The number of nitrogens with zero attached hydrogens (tertiary/aromatic N) is 4. The van der Waals surface area contributed by atoms with Crippen LogP contribution in [0.2, 0.25) is 0 Å².